The molecular weight excluding hydrogens is 642 g/mol. The molecular formula is C38H46ClN5O3S. The zero-order chi connectivity index (χ0) is 33.8. The molecule has 0 saturated carbocycles. The number of primary sulfonamides is 1. The van der Waals surface area contributed by atoms with Crippen molar-refractivity contribution in [1.82, 2.24) is 19.4 Å². The molecule has 3 aliphatic rings. The number of halogens is 1. The molecule has 4 aromatic rings. The van der Waals surface area contributed by atoms with Crippen molar-refractivity contribution in [3.05, 3.63) is 94.3 Å². The summed E-state index contributed by atoms with van der Waals surface area (Å²) < 4.78 is 26.7. The van der Waals surface area contributed by atoms with Gasteiger partial charge in [0.15, 0.2) is 0 Å². The second-order valence-electron chi connectivity index (χ2n) is 14.6. The van der Waals surface area contributed by atoms with Crippen LogP contribution < -0.4 is 5.14 Å². The molecule has 2 unspecified atom stereocenters. The van der Waals surface area contributed by atoms with Gasteiger partial charge in [0, 0.05) is 36.8 Å². The van der Waals surface area contributed by atoms with E-state index in [0.717, 1.165) is 50.0 Å². The number of benzene rings is 3. The second kappa shape index (κ2) is 12.9. The summed E-state index contributed by atoms with van der Waals surface area (Å²) in [6.45, 7) is 8.86. The summed E-state index contributed by atoms with van der Waals surface area (Å²) in [7, 11) is -4.05. The highest BCUT2D eigenvalue weighted by Gasteiger charge is 2.44. The highest BCUT2D eigenvalue weighted by atomic mass is 35.5. The molecule has 3 aliphatic heterocycles. The minimum Gasteiger partial charge on any atom is -0.339 e. The van der Waals surface area contributed by atoms with E-state index in [2.05, 4.69) is 78.8 Å². The van der Waals surface area contributed by atoms with Crippen LogP contribution in [0.25, 0.3) is 11.0 Å². The number of piperidine rings is 2. The lowest BCUT2D eigenvalue weighted by atomic mass is 9.69. The molecule has 3 aromatic carbocycles. The topological polar surface area (TPSA) is 102 Å². The zero-order valence-corrected chi connectivity index (χ0v) is 29.7. The number of likely N-dealkylation sites (tertiary alicyclic amines) is 1. The molecule has 2 N–H and O–H groups in total. The number of imidazole rings is 1. The summed E-state index contributed by atoms with van der Waals surface area (Å²) in [5.74, 6) is 1.35. The van der Waals surface area contributed by atoms with E-state index in [1.165, 1.54) is 41.6 Å². The second-order valence-corrected chi connectivity index (χ2v) is 16.5. The molecule has 2 atom stereocenters. The van der Waals surface area contributed by atoms with Crippen LogP contribution in [0.5, 0.6) is 0 Å². The third-order valence-corrected chi connectivity index (χ3v) is 12.9. The van der Waals surface area contributed by atoms with Gasteiger partial charge in [-0.3, -0.25) is 9.69 Å². The van der Waals surface area contributed by atoms with Crippen molar-refractivity contribution in [2.24, 2.45) is 5.14 Å². The third kappa shape index (κ3) is 6.19. The van der Waals surface area contributed by atoms with Crippen molar-refractivity contribution in [2.75, 3.05) is 19.6 Å². The first-order valence-corrected chi connectivity index (χ1v) is 19.3. The number of nitrogens with zero attached hydrogens (tertiary/aromatic N) is 4. The number of para-hydroxylation sites is 2. The van der Waals surface area contributed by atoms with Crippen LogP contribution in [0, 0.1) is 6.92 Å². The van der Waals surface area contributed by atoms with Gasteiger partial charge >= 0.3 is 0 Å². The van der Waals surface area contributed by atoms with E-state index in [1.54, 1.807) is 6.07 Å². The highest BCUT2D eigenvalue weighted by molar-refractivity contribution is 7.89. The van der Waals surface area contributed by atoms with Crippen LogP contribution in [0.2, 0.25) is 5.02 Å². The lowest BCUT2D eigenvalue weighted by molar-refractivity contribution is 0.0606. The molecule has 3 saturated heterocycles. The third-order valence-electron chi connectivity index (χ3n) is 11.5. The molecule has 0 radical (unpaired) electrons. The van der Waals surface area contributed by atoms with E-state index in [0.29, 0.717) is 37.1 Å². The fourth-order valence-electron chi connectivity index (χ4n) is 8.88. The van der Waals surface area contributed by atoms with Crippen molar-refractivity contribution in [3.63, 3.8) is 0 Å². The van der Waals surface area contributed by atoms with Gasteiger partial charge in [-0.2, -0.15) is 0 Å². The van der Waals surface area contributed by atoms with Gasteiger partial charge in [-0.25, -0.2) is 18.5 Å². The van der Waals surface area contributed by atoms with Crippen LogP contribution in [0.4, 0.5) is 0 Å². The van der Waals surface area contributed by atoms with Gasteiger partial charge in [-0.1, -0.05) is 61.8 Å². The maximum Gasteiger partial charge on any atom is 0.253 e. The number of nitrogens with two attached hydrogens (primary N) is 1. The summed E-state index contributed by atoms with van der Waals surface area (Å²) in [6, 6.07) is 23.5. The predicted molar refractivity (Wildman–Crippen MR) is 191 cm³/mol. The van der Waals surface area contributed by atoms with E-state index in [-0.39, 0.29) is 26.8 Å². The van der Waals surface area contributed by atoms with Crippen LogP contribution in [0.3, 0.4) is 0 Å². The summed E-state index contributed by atoms with van der Waals surface area (Å²) in [5, 5.41) is 5.39. The van der Waals surface area contributed by atoms with E-state index < -0.39 is 10.0 Å². The Balaban J connectivity index is 1.10. The van der Waals surface area contributed by atoms with E-state index in [9.17, 15) is 13.2 Å². The first-order valence-electron chi connectivity index (χ1n) is 17.3. The van der Waals surface area contributed by atoms with Crippen LogP contribution in [-0.2, 0) is 15.4 Å². The summed E-state index contributed by atoms with van der Waals surface area (Å²) in [6.07, 6.45) is 7.52. The van der Waals surface area contributed by atoms with Gasteiger partial charge in [-0.05, 0) is 111 Å². The molecule has 4 heterocycles. The van der Waals surface area contributed by atoms with Crippen LogP contribution in [0.15, 0.2) is 71.6 Å². The summed E-state index contributed by atoms with van der Waals surface area (Å²) >= 11 is 6.11. The fourth-order valence-corrected chi connectivity index (χ4v) is 9.95. The maximum absolute atomic E-state index is 13.6. The molecule has 7 rings (SSSR count). The Morgan fingerprint density at radius 2 is 1.69 bits per heavy atom. The van der Waals surface area contributed by atoms with Gasteiger partial charge < -0.3 is 9.47 Å². The Kier molecular flexibility index (Phi) is 8.94. The highest BCUT2D eigenvalue weighted by Crippen LogP contribution is 2.45. The number of fused-ring (bicyclic) bond motifs is 3. The average molecular weight is 688 g/mol. The standard InChI is InChI=1S/C38H46ClN5O3S/c1-25(2)27-7-6-8-29(21-27)38(15-18-42(19-16-38)37(45)28-11-14-33(39)36(22-28)48(40,46)47)17-20-43-30-12-13-31(43)24-32(23-30)44-26(3)41-34-9-4-5-10-35(34)44/h4-11,14,21-22,25,30-32H,12-13,15-20,23-24H2,1-3H3,(H2,40,46,47). The predicted octanol–water partition coefficient (Wildman–Crippen LogP) is 7.20. The number of sulfonamides is 1. The fraction of sp³-hybridized carbons (Fsp3) is 0.474. The largest absolute Gasteiger partial charge is 0.339 e. The number of aryl methyl sites for hydroxylation is 1. The molecule has 2 bridgehead atoms. The molecule has 0 aliphatic carbocycles. The molecule has 254 valence electrons. The van der Waals surface area contributed by atoms with Crippen molar-refractivity contribution < 1.29 is 13.2 Å². The summed E-state index contributed by atoms with van der Waals surface area (Å²) in [4.78, 5) is 23.0. The number of rotatable bonds is 8. The Labute approximate surface area is 289 Å². The number of carbonyl (C=O) groups is 1. The van der Waals surface area contributed by atoms with Crippen LogP contribution >= 0.6 is 11.6 Å². The Morgan fingerprint density at radius 3 is 2.38 bits per heavy atom. The molecule has 8 nitrogen and oxygen atoms in total. The van der Waals surface area contributed by atoms with Crippen molar-refractivity contribution in [2.45, 2.75) is 100 Å². The van der Waals surface area contributed by atoms with Gasteiger partial charge in [0.05, 0.1) is 16.1 Å². The van der Waals surface area contributed by atoms with Gasteiger partial charge in [0.2, 0.25) is 10.0 Å². The molecule has 10 heteroatoms. The number of hydrogen-bond donors (Lipinski definition) is 1. The normalized spacial score (nSPS) is 22.9. The number of amides is 1. The smallest absolute Gasteiger partial charge is 0.253 e. The lowest BCUT2D eigenvalue weighted by Crippen LogP contribution is -2.49. The van der Waals surface area contributed by atoms with Crippen LogP contribution in [0.1, 0.15) is 98.1 Å². The zero-order valence-electron chi connectivity index (χ0n) is 28.1. The average Bonchev–Trinajstić information content (AvgIpc) is 3.53. The van der Waals surface area contributed by atoms with E-state index >= 15 is 0 Å². The Morgan fingerprint density at radius 1 is 0.979 bits per heavy atom. The number of hydrogen-bond acceptors (Lipinski definition) is 5. The van der Waals surface area contributed by atoms with Crippen molar-refractivity contribution >= 4 is 38.6 Å². The minimum atomic E-state index is -4.05. The minimum absolute atomic E-state index is 0.0169. The van der Waals surface area contributed by atoms with Gasteiger partial charge in [-0.15, -0.1) is 0 Å². The Bertz CT molecular complexity index is 1930. The van der Waals surface area contributed by atoms with Crippen molar-refractivity contribution in [3.8, 4) is 0 Å². The first kappa shape index (κ1) is 33.3. The summed E-state index contributed by atoms with van der Waals surface area (Å²) in [5.41, 5.74) is 5.27. The first-order chi connectivity index (χ1) is 22.9. The van der Waals surface area contributed by atoms with Crippen molar-refractivity contribution in [1.29, 1.82) is 0 Å². The monoisotopic (exact) mass is 687 g/mol. The number of aromatic nitrogens is 2. The SMILES string of the molecule is Cc1nc2ccccc2n1C1CC2CCC(C1)N2CCC1(c2cccc(C(C)C)c2)CCN(C(=O)c2ccc(Cl)c(S(N)(=O)=O)c2)CC1. The van der Waals surface area contributed by atoms with Gasteiger partial charge in [0.1, 0.15) is 10.7 Å². The molecule has 1 aromatic heterocycles. The molecule has 0 spiro atoms. The maximum atomic E-state index is 13.6. The Hall–Kier alpha value is -3.24. The van der Waals surface area contributed by atoms with Crippen LogP contribution in [-0.4, -0.2) is 65.4 Å². The molecule has 48 heavy (non-hydrogen) atoms. The quantitative estimate of drug-likeness (QED) is 0.211. The molecule has 3 fully saturated rings. The van der Waals surface area contributed by atoms with Gasteiger partial charge in [0.25, 0.3) is 5.91 Å². The molecule has 1 amide bonds. The number of carbonyl (C=O) groups excluding carboxylic acids is 1. The van der Waals surface area contributed by atoms with E-state index in [4.69, 9.17) is 21.7 Å². The van der Waals surface area contributed by atoms with E-state index in [1.807, 2.05) is 4.90 Å². The lowest BCUT2D eigenvalue weighted by Gasteiger charge is -2.46.